The van der Waals surface area contributed by atoms with Crippen LogP contribution in [0.1, 0.15) is 36.8 Å². The van der Waals surface area contributed by atoms with Gasteiger partial charge in [-0.05, 0) is 38.2 Å². The number of ether oxygens (including phenoxy) is 1. The summed E-state index contributed by atoms with van der Waals surface area (Å²) in [6.07, 6.45) is 5.55. The van der Waals surface area contributed by atoms with Crippen LogP contribution < -0.4 is 5.32 Å². The standard InChI is InChI=1S/C15H21NO.ClH/c1-11-2-4-12(5-3-11)10-17-15-8-13-6-7-14(9-15)16-13;/h2-5,13-16H,6-10H2,1H3;1H. The van der Waals surface area contributed by atoms with Crippen LogP contribution in [-0.2, 0) is 11.3 Å². The number of hydrogen-bond donors (Lipinski definition) is 1. The fourth-order valence-corrected chi connectivity index (χ4v) is 3.04. The van der Waals surface area contributed by atoms with Crippen molar-refractivity contribution in [3.63, 3.8) is 0 Å². The van der Waals surface area contributed by atoms with Gasteiger partial charge in [-0.2, -0.15) is 0 Å². The van der Waals surface area contributed by atoms with Gasteiger partial charge in [0, 0.05) is 12.1 Å². The van der Waals surface area contributed by atoms with Crippen LogP contribution in [0.2, 0.25) is 0 Å². The number of halogens is 1. The van der Waals surface area contributed by atoms with E-state index in [1.807, 2.05) is 0 Å². The first-order valence-electron chi connectivity index (χ1n) is 6.73. The number of nitrogens with one attached hydrogen (secondary N) is 1. The highest BCUT2D eigenvalue weighted by molar-refractivity contribution is 5.85. The molecule has 2 aliphatic rings. The third-order valence-corrected chi connectivity index (χ3v) is 4.04. The molecule has 1 aromatic carbocycles. The first-order chi connectivity index (χ1) is 8.29. The molecular weight excluding hydrogens is 246 g/mol. The third-order valence-electron chi connectivity index (χ3n) is 4.04. The minimum Gasteiger partial charge on any atom is -0.373 e. The van der Waals surface area contributed by atoms with Crippen LogP contribution in [0.15, 0.2) is 24.3 Å². The predicted molar refractivity (Wildman–Crippen MR) is 76.2 cm³/mol. The van der Waals surface area contributed by atoms with Gasteiger partial charge in [0.05, 0.1) is 12.7 Å². The van der Waals surface area contributed by atoms with Crippen molar-refractivity contribution in [2.24, 2.45) is 0 Å². The maximum Gasteiger partial charge on any atom is 0.0720 e. The maximum absolute atomic E-state index is 6.05. The van der Waals surface area contributed by atoms with Crippen molar-refractivity contribution in [3.8, 4) is 0 Å². The normalized spacial score (nSPS) is 29.9. The molecule has 2 atom stereocenters. The second-order valence-electron chi connectivity index (χ2n) is 5.53. The van der Waals surface area contributed by atoms with E-state index in [2.05, 4.69) is 36.5 Å². The Morgan fingerprint density at radius 1 is 1.11 bits per heavy atom. The zero-order chi connectivity index (χ0) is 11.7. The molecule has 3 rings (SSSR count). The molecule has 2 nitrogen and oxygen atoms in total. The molecule has 2 saturated heterocycles. The van der Waals surface area contributed by atoms with Gasteiger partial charge in [-0.3, -0.25) is 0 Å². The van der Waals surface area contributed by atoms with E-state index in [4.69, 9.17) is 4.74 Å². The van der Waals surface area contributed by atoms with Gasteiger partial charge in [-0.15, -0.1) is 12.4 Å². The molecule has 1 N–H and O–H groups in total. The largest absolute Gasteiger partial charge is 0.373 e. The summed E-state index contributed by atoms with van der Waals surface area (Å²) >= 11 is 0. The molecular formula is C15H22ClNO. The zero-order valence-corrected chi connectivity index (χ0v) is 11.7. The molecule has 0 amide bonds. The quantitative estimate of drug-likeness (QED) is 0.908. The number of hydrogen-bond acceptors (Lipinski definition) is 2. The maximum atomic E-state index is 6.05. The fourth-order valence-electron chi connectivity index (χ4n) is 3.04. The fraction of sp³-hybridized carbons (Fsp3) is 0.600. The molecule has 0 aromatic heterocycles. The first-order valence-corrected chi connectivity index (χ1v) is 6.73. The number of benzene rings is 1. The minimum atomic E-state index is 0. The second kappa shape index (κ2) is 6.05. The van der Waals surface area contributed by atoms with Gasteiger partial charge in [0.2, 0.25) is 0 Å². The monoisotopic (exact) mass is 267 g/mol. The molecule has 2 heterocycles. The van der Waals surface area contributed by atoms with Crippen LogP contribution in [0.4, 0.5) is 0 Å². The van der Waals surface area contributed by atoms with E-state index in [1.165, 1.54) is 36.8 Å². The topological polar surface area (TPSA) is 21.3 Å². The molecule has 100 valence electrons. The first kappa shape index (κ1) is 13.9. The Bertz CT molecular complexity index is 367. The molecule has 2 aliphatic heterocycles. The van der Waals surface area contributed by atoms with Gasteiger partial charge in [-0.25, -0.2) is 0 Å². The summed E-state index contributed by atoms with van der Waals surface area (Å²) in [5.74, 6) is 0. The van der Waals surface area contributed by atoms with Crippen molar-refractivity contribution < 1.29 is 4.74 Å². The second-order valence-corrected chi connectivity index (χ2v) is 5.53. The van der Waals surface area contributed by atoms with E-state index in [0.717, 1.165) is 18.7 Å². The van der Waals surface area contributed by atoms with Gasteiger partial charge in [0.25, 0.3) is 0 Å². The van der Waals surface area contributed by atoms with Crippen molar-refractivity contribution >= 4 is 12.4 Å². The molecule has 0 saturated carbocycles. The lowest BCUT2D eigenvalue weighted by Crippen LogP contribution is -2.41. The van der Waals surface area contributed by atoms with E-state index < -0.39 is 0 Å². The Labute approximate surface area is 116 Å². The minimum absolute atomic E-state index is 0. The summed E-state index contributed by atoms with van der Waals surface area (Å²) in [5.41, 5.74) is 2.61. The van der Waals surface area contributed by atoms with E-state index in [9.17, 15) is 0 Å². The van der Waals surface area contributed by atoms with Gasteiger partial charge >= 0.3 is 0 Å². The molecule has 2 bridgehead atoms. The Balaban J connectivity index is 0.00000120. The van der Waals surface area contributed by atoms with Crippen molar-refractivity contribution in [1.29, 1.82) is 0 Å². The van der Waals surface area contributed by atoms with Crippen molar-refractivity contribution in [1.82, 2.24) is 5.32 Å². The third kappa shape index (κ3) is 3.25. The lowest BCUT2D eigenvalue weighted by molar-refractivity contribution is 0.00917. The molecule has 2 unspecified atom stereocenters. The summed E-state index contributed by atoms with van der Waals surface area (Å²) in [6, 6.07) is 10.1. The predicted octanol–water partition coefficient (Wildman–Crippen LogP) is 3.22. The van der Waals surface area contributed by atoms with Crippen LogP contribution in [-0.4, -0.2) is 18.2 Å². The highest BCUT2D eigenvalue weighted by Crippen LogP contribution is 2.28. The van der Waals surface area contributed by atoms with Gasteiger partial charge in [0.15, 0.2) is 0 Å². The SMILES string of the molecule is Cc1ccc(COC2CC3CCC(C2)N3)cc1.Cl. The molecule has 1 aromatic rings. The highest BCUT2D eigenvalue weighted by atomic mass is 35.5. The summed E-state index contributed by atoms with van der Waals surface area (Å²) in [4.78, 5) is 0. The molecule has 18 heavy (non-hydrogen) atoms. The molecule has 2 fully saturated rings. The Kier molecular flexibility index (Phi) is 4.66. The average Bonchev–Trinajstić information content (AvgIpc) is 2.68. The van der Waals surface area contributed by atoms with E-state index in [0.29, 0.717) is 6.10 Å². The van der Waals surface area contributed by atoms with Gasteiger partial charge in [-0.1, -0.05) is 29.8 Å². The van der Waals surface area contributed by atoms with E-state index >= 15 is 0 Å². The number of rotatable bonds is 3. The highest BCUT2D eigenvalue weighted by Gasteiger charge is 2.33. The zero-order valence-electron chi connectivity index (χ0n) is 10.9. The number of piperidine rings is 1. The summed E-state index contributed by atoms with van der Waals surface area (Å²) < 4.78 is 6.05. The van der Waals surface area contributed by atoms with E-state index in [-0.39, 0.29) is 12.4 Å². The van der Waals surface area contributed by atoms with Crippen LogP contribution >= 0.6 is 12.4 Å². The van der Waals surface area contributed by atoms with Crippen LogP contribution in [0, 0.1) is 6.92 Å². The van der Waals surface area contributed by atoms with Gasteiger partial charge in [0.1, 0.15) is 0 Å². The Morgan fingerprint density at radius 2 is 1.72 bits per heavy atom. The average molecular weight is 268 g/mol. The lowest BCUT2D eigenvalue weighted by Gasteiger charge is -2.29. The van der Waals surface area contributed by atoms with Crippen molar-refractivity contribution in [3.05, 3.63) is 35.4 Å². The summed E-state index contributed by atoms with van der Waals surface area (Å²) in [5, 5.41) is 3.65. The van der Waals surface area contributed by atoms with E-state index in [1.54, 1.807) is 0 Å². The van der Waals surface area contributed by atoms with Crippen LogP contribution in [0.25, 0.3) is 0 Å². The molecule has 0 spiro atoms. The molecule has 0 radical (unpaired) electrons. The van der Waals surface area contributed by atoms with Crippen molar-refractivity contribution in [2.45, 2.75) is 57.4 Å². The molecule has 3 heteroatoms. The summed E-state index contributed by atoms with van der Waals surface area (Å²) in [6.45, 7) is 2.89. The van der Waals surface area contributed by atoms with Crippen molar-refractivity contribution in [2.75, 3.05) is 0 Å². The Hall–Kier alpha value is -0.570. The molecule has 0 aliphatic carbocycles. The summed E-state index contributed by atoms with van der Waals surface area (Å²) in [7, 11) is 0. The number of aryl methyl sites for hydroxylation is 1. The van der Waals surface area contributed by atoms with Gasteiger partial charge < -0.3 is 10.1 Å². The van der Waals surface area contributed by atoms with Crippen LogP contribution in [0.5, 0.6) is 0 Å². The number of fused-ring (bicyclic) bond motifs is 2. The lowest BCUT2D eigenvalue weighted by atomic mass is 10.0. The smallest absolute Gasteiger partial charge is 0.0720 e. The van der Waals surface area contributed by atoms with Crippen LogP contribution in [0.3, 0.4) is 0 Å². The Morgan fingerprint density at radius 3 is 2.33 bits per heavy atom.